The maximum atomic E-state index is 12.1. The molecule has 1 aromatic heterocycles. The average Bonchev–Trinajstić information content (AvgIpc) is 2.80. The first kappa shape index (κ1) is 12.7. The number of carbonyl (C=O) groups is 1. The fraction of sp³-hybridized carbons (Fsp3) is 0.538. The molecule has 0 spiro atoms. The van der Waals surface area contributed by atoms with E-state index in [1.807, 2.05) is 19.1 Å². The van der Waals surface area contributed by atoms with Crippen LogP contribution in [-0.2, 0) is 4.79 Å². The highest BCUT2D eigenvalue weighted by Gasteiger charge is 2.32. The van der Waals surface area contributed by atoms with Gasteiger partial charge in [0.2, 0.25) is 5.91 Å². The summed E-state index contributed by atoms with van der Waals surface area (Å²) in [6.45, 7) is 2.76. The molecule has 1 aromatic rings. The number of hydrogen-bond donors (Lipinski definition) is 1. The van der Waals surface area contributed by atoms with Crippen molar-refractivity contribution in [1.82, 2.24) is 9.88 Å². The summed E-state index contributed by atoms with van der Waals surface area (Å²) in [7, 11) is 3.58. The van der Waals surface area contributed by atoms with Gasteiger partial charge in [0.25, 0.3) is 0 Å². The van der Waals surface area contributed by atoms with E-state index in [2.05, 4.69) is 9.88 Å². The minimum Gasteiger partial charge on any atom is -0.397 e. The number of amides is 1. The number of rotatable bonds is 2. The summed E-state index contributed by atoms with van der Waals surface area (Å²) in [5.74, 6) is 0.989. The van der Waals surface area contributed by atoms with Crippen molar-refractivity contribution in [3.8, 4) is 0 Å². The van der Waals surface area contributed by atoms with Gasteiger partial charge in [-0.2, -0.15) is 0 Å². The van der Waals surface area contributed by atoms with Crippen LogP contribution in [0, 0.1) is 6.92 Å². The molecule has 18 heavy (non-hydrogen) atoms. The Hall–Kier alpha value is -1.78. The number of aromatic nitrogens is 1. The summed E-state index contributed by atoms with van der Waals surface area (Å²) < 4.78 is 0. The lowest BCUT2D eigenvalue weighted by atomic mass is 10.2. The van der Waals surface area contributed by atoms with Crippen LogP contribution in [0.25, 0.3) is 0 Å². The highest BCUT2D eigenvalue weighted by Crippen LogP contribution is 2.26. The first-order valence-corrected chi connectivity index (χ1v) is 6.21. The molecule has 1 amide bonds. The van der Waals surface area contributed by atoms with Crippen LogP contribution < -0.4 is 10.6 Å². The van der Waals surface area contributed by atoms with E-state index in [-0.39, 0.29) is 11.9 Å². The van der Waals surface area contributed by atoms with Crippen LogP contribution in [0.5, 0.6) is 0 Å². The summed E-state index contributed by atoms with van der Waals surface area (Å²) in [6, 6.07) is 3.66. The van der Waals surface area contributed by atoms with E-state index in [0.717, 1.165) is 30.9 Å². The van der Waals surface area contributed by atoms with Gasteiger partial charge in [-0.1, -0.05) is 0 Å². The Morgan fingerprint density at radius 3 is 2.83 bits per heavy atom. The van der Waals surface area contributed by atoms with Gasteiger partial charge >= 0.3 is 0 Å². The summed E-state index contributed by atoms with van der Waals surface area (Å²) in [6.07, 6.45) is 1.91. The predicted octanol–water partition coefficient (Wildman–Crippen LogP) is 1.03. The van der Waals surface area contributed by atoms with Crippen molar-refractivity contribution in [2.24, 2.45) is 0 Å². The zero-order valence-corrected chi connectivity index (χ0v) is 11.2. The summed E-state index contributed by atoms with van der Waals surface area (Å²) in [5.41, 5.74) is 7.28. The molecule has 2 rings (SSSR count). The van der Waals surface area contributed by atoms with E-state index < -0.39 is 0 Å². The van der Waals surface area contributed by atoms with Gasteiger partial charge in [-0.3, -0.25) is 4.79 Å². The van der Waals surface area contributed by atoms with Crippen molar-refractivity contribution in [1.29, 1.82) is 0 Å². The maximum Gasteiger partial charge on any atom is 0.244 e. The number of likely N-dealkylation sites (N-methyl/N-ethyl adjacent to an activating group) is 1. The highest BCUT2D eigenvalue weighted by molar-refractivity contribution is 5.85. The molecule has 0 aromatic carbocycles. The number of carbonyl (C=O) groups excluding carboxylic acids is 1. The topological polar surface area (TPSA) is 62.5 Å². The Kier molecular flexibility index (Phi) is 3.41. The molecule has 5 heteroatoms. The van der Waals surface area contributed by atoms with Crippen LogP contribution >= 0.6 is 0 Å². The van der Waals surface area contributed by atoms with Gasteiger partial charge in [0.1, 0.15) is 11.9 Å². The summed E-state index contributed by atoms with van der Waals surface area (Å²) in [5, 5.41) is 0. The lowest BCUT2D eigenvalue weighted by molar-refractivity contribution is -0.129. The first-order chi connectivity index (χ1) is 8.50. The van der Waals surface area contributed by atoms with Crippen molar-refractivity contribution < 1.29 is 4.79 Å². The Morgan fingerprint density at radius 1 is 1.50 bits per heavy atom. The van der Waals surface area contributed by atoms with Crippen molar-refractivity contribution in [2.45, 2.75) is 25.8 Å². The minimum atomic E-state index is -0.0875. The van der Waals surface area contributed by atoms with Gasteiger partial charge < -0.3 is 15.5 Å². The molecule has 0 saturated carbocycles. The molecule has 0 aliphatic carbocycles. The van der Waals surface area contributed by atoms with E-state index in [1.54, 1.807) is 19.0 Å². The molecule has 98 valence electrons. The Balaban J connectivity index is 2.26. The van der Waals surface area contributed by atoms with Crippen molar-refractivity contribution in [2.75, 3.05) is 31.3 Å². The van der Waals surface area contributed by atoms with Crippen LogP contribution in [0.1, 0.15) is 18.5 Å². The zero-order chi connectivity index (χ0) is 13.3. The van der Waals surface area contributed by atoms with Gasteiger partial charge in [-0.25, -0.2) is 4.98 Å². The number of nitrogens with two attached hydrogens (primary N) is 1. The Morgan fingerprint density at radius 2 is 2.22 bits per heavy atom. The van der Waals surface area contributed by atoms with Gasteiger partial charge in [-0.15, -0.1) is 0 Å². The summed E-state index contributed by atoms with van der Waals surface area (Å²) >= 11 is 0. The molecule has 2 N–H and O–H groups in total. The number of anilines is 2. The first-order valence-electron chi connectivity index (χ1n) is 6.21. The molecule has 1 aliphatic rings. The van der Waals surface area contributed by atoms with Crippen LogP contribution in [-0.4, -0.2) is 42.5 Å². The van der Waals surface area contributed by atoms with Gasteiger partial charge in [0.15, 0.2) is 0 Å². The third-order valence-electron chi connectivity index (χ3n) is 3.38. The Bertz CT molecular complexity index is 458. The summed E-state index contributed by atoms with van der Waals surface area (Å²) in [4.78, 5) is 20.3. The van der Waals surface area contributed by atoms with Gasteiger partial charge in [0, 0.05) is 20.6 Å². The predicted molar refractivity (Wildman–Crippen MR) is 72.4 cm³/mol. The van der Waals surface area contributed by atoms with Gasteiger partial charge in [0.05, 0.1) is 11.4 Å². The van der Waals surface area contributed by atoms with E-state index in [4.69, 9.17) is 5.73 Å². The van der Waals surface area contributed by atoms with E-state index in [0.29, 0.717) is 5.69 Å². The monoisotopic (exact) mass is 248 g/mol. The molecular formula is C13H20N4O. The molecule has 0 radical (unpaired) electrons. The highest BCUT2D eigenvalue weighted by atomic mass is 16.2. The number of aryl methyl sites for hydroxylation is 1. The lowest BCUT2D eigenvalue weighted by Gasteiger charge is -2.27. The maximum absolute atomic E-state index is 12.1. The fourth-order valence-corrected chi connectivity index (χ4v) is 2.31. The van der Waals surface area contributed by atoms with Crippen LogP contribution in [0.2, 0.25) is 0 Å². The van der Waals surface area contributed by atoms with E-state index >= 15 is 0 Å². The molecule has 1 atom stereocenters. The van der Waals surface area contributed by atoms with E-state index in [1.165, 1.54) is 0 Å². The minimum absolute atomic E-state index is 0.0875. The van der Waals surface area contributed by atoms with Crippen LogP contribution in [0.4, 0.5) is 11.5 Å². The molecule has 1 unspecified atom stereocenters. The standard InChI is InChI=1S/C13H20N4O/c1-9-10(14)6-7-12(15-9)17-8-4-5-11(17)13(18)16(2)3/h6-7,11H,4-5,8,14H2,1-3H3. The van der Waals surface area contributed by atoms with Crippen molar-refractivity contribution >= 4 is 17.4 Å². The third-order valence-corrected chi connectivity index (χ3v) is 3.38. The van der Waals surface area contributed by atoms with E-state index in [9.17, 15) is 4.79 Å². The molecule has 2 heterocycles. The number of hydrogen-bond acceptors (Lipinski definition) is 4. The molecule has 1 fully saturated rings. The number of nitrogen functional groups attached to an aromatic ring is 1. The lowest BCUT2D eigenvalue weighted by Crippen LogP contribution is -2.43. The van der Waals surface area contributed by atoms with Crippen LogP contribution in [0.15, 0.2) is 12.1 Å². The normalized spacial score (nSPS) is 19.1. The molecule has 5 nitrogen and oxygen atoms in total. The largest absolute Gasteiger partial charge is 0.397 e. The Labute approximate surface area is 108 Å². The van der Waals surface area contributed by atoms with Gasteiger partial charge in [-0.05, 0) is 31.9 Å². The van der Waals surface area contributed by atoms with Crippen LogP contribution in [0.3, 0.4) is 0 Å². The third kappa shape index (κ3) is 2.25. The second-order valence-corrected chi connectivity index (χ2v) is 4.93. The zero-order valence-electron chi connectivity index (χ0n) is 11.2. The molecule has 0 bridgehead atoms. The quantitative estimate of drug-likeness (QED) is 0.849. The molecular weight excluding hydrogens is 228 g/mol. The average molecular weight is 248 g/mol. The van der Waals surface area contributed by atoms with Crippen molar-refractivity contribution in [3.05, 3.63) is 17.8 Å². The smallest absolute Gasteiger partial charge is 0.244 e. The number of nitrogens with zero attached hydrogens (tertiary/aromatic N) is 3. The van der Waals surface area contributed by atoms with Crippen molar-refractivity contribution in [3.63, 3.8) is 0 Å². The SMILES string of the molecule is Cc1nc(N2CCCC2C(=O)N(C)C)ccc1N. The second kappa shape index (κ2) is 4.84. The second-order valence-electron chi connectivity index (χ2n) is 4.93. The fourth-order valence-electron chi connectivity index (χ4n) is 2.31. The molecule has 1 saturated heterocycles. The molecule has 1 aliphatic heterocycles. The number of pyridine rings is 1.